The van der Waals surface area contributed by atoms with Gasteiger partial charge in [0, 0.05) is 24.2 Å². The summed E-state index contributed by atoms with van der Waals surface area (Å²) < 4.78 is 0. The van der Waals surface area contributed by atoms with Gasteiger partial charge in [-0.3, -0.25) is 4.79 Å². The lowest BCUT2D eigenvalue weighted by Gasteiger charge is -2.35. The van der Waals surface area contributed by atoms with Crippen molar-refractivity contribution in [3.63, 3.8) is 0 Å². The standard InChI is InChI=1S/C12H12ClN3O/c1-16-11(3-2-6-14)15-10-5-4-8(13)7-9(10)12(16)17/h4-5,7,11,15H,2-3H2,1H3. The summed E-state index contributed by atoms with van der Waals surface area (Å²) in [7, 11) is 1.72. The summed E-state index contributed by atoms with van der Waals surface area (Å²) in [5.74, 6) is -0.0656. The number of carbonyl (C=O) groups excluding carboxylic acids is 1. The molecular weight excluding hydrogens is 238 g/mol. The van der Waals surface area contributed by atoms with Crippen LogP contribution in [-0.4, -0.2) is 24.0 Å². The molecule has 1 aliphatic rings. The van der Waals surface area contributed by atoms with Gasteiger partial charge in [-0.05, 0) is 24.6 Å². The Kier molecular flexibility index (Phi) is 3.21. The van der Waals surface area contributed by atoms with Crippen LogP contribution in [0.3, 0.4) is 0 Å². The highest BCUT2D eigenvalue weighted by atomic mass is 35.5. The van der Waals surface area contributed by atoms with Gasteiger partial charge in [-0.1, -0.05) is 11.6 Å². The quantitative estimate of drug-likeness (QED) is 0.876. The summed E-state index contributed by atoms with van der Waals surface area (Å²) in [6.45, 7) is 0. The number of carbonyl (C=O) groups is 1. The third-order valence-electron chi connectivity index (χ3n) is 2.85. The number of rotatable bonds is 2. The molecule has 1 N–H and O–H groups in total. The van der Waals surface area contributed by atoms with Gasteiger partial charge in [0.2, 0.25) is 0 Å². The minimum atomic E-state index is -0.129. The lowest BCUT2D eigenvalue weighted by Crippen LogP contribution is -2.46. The first kappa shape index (κ1) is 11.7. The molecule has 1 atom stereocenters. The van der Waals surface area contributed by atoms with Gasteiger partial charge >= 0.3 is 0 Å². The maximum atomic E-state index is 12.1. The van der Waals surface area contributed by atoms with Crippen LogP contribution in [0.2, 0.25) is 5.02 Å². The Morgan fingerprint density at radius 1 is 1.59 bits per heavy atom. The Balaban J connectivity index is 2.29. The van der Waals surface area contributed by atoms with E-state index in [0.717, 1.165) is 5.69 Å². The first-order valence-corrected chi connectivity index (χ1v) is 5.71. The SMILES string of the molecule is CN1C(=O)c2cc(Cl)ccc2NC1CCC#N. The van der Waals surface area contributed by atoms with E-state index < -0.39 is 0 Å². The molecule has 0 saturated carbocycles. The largest absolute Gasteiger partial charge is 0.364 e. The van der Waals surface area contributed by atoms with Gasteiger partial charge < -0.3 is 10.2 Å². The van der Waals surface area contributed by atoms with Crippen LogP contribution in [0.25, 0.3) is 0 Å². The van der Waals surface area contributed by atoms with Gasteiger partial charge in [-0.25, -0.2) is 0 Å². The van der Waals surface area contributed by atoms with Gasteiger partial charge in [-0.2, -0.15) is 5.26 Å². The average Bonchev–Trinajstić information content (AvgIpc) is 2.33. The van der Waals surface area contributed by atoms with E-state index in [-0.39, 0.29) is 12.1 Å². The maximum Gasteiger partial charge on any atom is 0.257 e. The number of halogens is 1. The van der Waals surface area contributed by atoms with E-state index in [0.29, 0.717) is 23.4 Å². The average molecular weight is 250 g/mol. The fraction of sp³-hybridized carbons (Fsp3) is 0.333. The van der Waals surface area contributed by atoms with Crippen LogP contribution >= 0.6 is 11.6 Å². The van der Waals surface area contributed by atoms with Crippen molar-refractivity contribution in [3.8, 4) is 6.07 Å². The predicted molar refractivity (Wildman–Crippen MR) is 65.8 cm³/mol. The number of hydrogen-bond acceptors (Lipinski definition) is 3. The van der Waals surface area contributed by atoms with E-state index in [1.54, 1.807) is 30.1 Å². The molecule has 2 rings (SSSR count). The van der Waals surface area contributed by atoms with Crippen LogP contribution in [0.1, 0.15) is 23.2 Å². The molecule has 1 unspecified atom stereocenters. The molecule has 88 valence electrons. The highest BCUT2D eigenvalue weighted by molar-refractivity contribution is 6.31. The number of anilines is 1. The highest BCUT2D eigenvalue weighted by Crippen LogP contribution is 2.28. The second-order valence-electron chi connectivity index (χ2n) is 3.96. The van der Waals surface area contributed by atoms with Gasteiger partial charge in [0.05, 0.1) is 11.6 Å². The Hall–Kier alpha value is -1.73. The molecule has 1 heterocycles. The van der Waals surface area contributed by atoms with Crippen LogP contribution in [0.4, 0.5) is 5.69 Å². The van der Waals surface area contributed by atoms with Gasteiger partial charge in [0.25, 0.3) is 5.91 Å². The Morgan fingerprint density at radius 3 is 3.06 bits per heavy atom. The first-order valence-electron chi connectivity index (χ1n) is 5.33. The minimum absolute atomic E-state index is 0.0656. The smallest absolute Gasteiger partial charge is 0.257 e. The number of fused-ring (bicyclic) bond motifs is 1. The number of hydrogen-bond donors (Lipinski definition) is 1. The summed E-state index contributed by atoms with van der Waals surface area (Å²) in [6.07, 6.45) is 0.898. The molecule has 0 spiro atoms. The predicted octanol–water partition coefficient (Wildman–Crippen LogP) is 2.47. The van der Waals surface area contributed by atoms with E-state index >= 15 is 0 Å². The number of nitrogens with one attached hydrogen (secondary N) is 1. The summed E-state index contributed by atoms with van der Waals surface area (Å²) >= 11 is 5.87. The Labute approximate surface area is 105 Å². The van der Waals surface area contributed by atoms with E-state index in [9.17, 15) is 4.79 Å². The molecular formula is C12H12ClN3O. The van der Waals surface area contributed by atoms with Crippen molar-refractivity contribution in [1.82, 2.24) is 4.90 Å². The van der Waals surface area contributed by atoms with Crippen molar-refractivity contribution in [2.24, 2.45) is 0 Å². The normalized spacial score (nSPS) is 18.3. The molecule has 4 nitrogen and oxygen atoms in total. The van der Waals surface area contributed by atoms with E-state index in [4.69, 9.17) is 16.9 Å². The summed E-state index contributed by atoms with van der Waals surface area (Å²) in [5, 5.41) is 12.4. The molecule has 0 aliphatic carbocycles. The molecule has 0 fully saturated rings. The zero-order chi connectivity index (χ0) is 12.4. The minimum Gasteiger partial charge on any atom is -0.364 e. The molecule has 0 radical (unpaired) electrons. The Morgan fingerprint density at radius 2 is 2.35 bits per heavy atom. The van der Waals surface area contributed by atoms with Gasteiger partial charge in [0.1, 0.15) is 6.17 Å². The van der Waals surface area contributed by atoms with Crippen molar-refractivity contribution in [1.29, 1.82) is 5.26 Å². The summed E-state index contributed by atoms with van der Waals surface area (Å²) in [4.78, 5) is 13.7. The van der Waals surface area contributed by atoms with Crippen molar-refractivity contribution < 1.29 is 4.79 Å². The number of amides is 1. The third-order valence-corrected chi connectivity index (χ3v) is 3.09. The molecule has 1 aliphatic heterocycles. The second kappa shape index (κ2) is 4.64. The fourth-order valence-electron chi connectivity index (χ4n) is 1.89. The molecule has 0 bridgehead atoms. The molecule has 1 aromatic carbocycles. The Bertz CT molecular complexity index is 495. The van der Waals surface area contributed by atoms with E-state index in [1.807, 2.05) is 0 Å². The van der Waals surface area contributed by atoms with Gasteiger partial charge in [-0.15, -0.1) is 0 Å². The summed E-state index contributed by atoms with van der Waals surface area (Å²) in [5.41, 5.74) is 1.36. The highest BCUT2D eigenvalue weighted by Gasteiger charge is 2.28. The maximum absolute atomic E-state index is 12.1. The fourth-order valence-corrected chi connectivity index (χ4v) is 2.07. The van der Waals surface area contributed by atoms with Crippen LogP contribution in [0, 0.1) is 11.3 Å². The monoisotopic (exact) mass is 249 g/mol. The van der Waals surface area contributed by atoms with Crippen molar-refractivity contribution in [2.45, 2.75) is 19.0 Å². The number of nitrogens with zero attached hydrogens (tertiary/aromatic N) is 2. The zero-order valence-electron chi connectivity index (χ0n) is 9.40. The molecule has 17 heavy (non-hydrogen) atoms. The second-order valence-corrected chi connectivity index (χ2v) is 4.40. The molecule has 5 heteroatoms. The lowest BCUT2D eigenvalue weighted by molar-refractivity contribution is 0.0731. The number of nitriles is 1. The number of benzene rings is 1. The lowest BCUT2D eigenvalue weighted by atomic mass is 10.1. The molecule has 1 amide bonds. The van der Waals surface area contributed by atoms with Crippen LogP contribution < -0.4 is 5.32 Å². The van der Waals surface area contributed by atoms with Crippen molar-refractivity contribution >= 4 is 23.2 Å². The van der Waals surface area contributed by atoms with E-state index in [1.165, 1.54) is 0 Å². The van der Waals surface area contributed by atoms with Crippen LogP contribution in [0.15, 0.2) is 18.2 Å². The zero-order valence-corrected chi connectivity index (χ0v) is 10.2. The molecule has 0 aromatic heterocycles. The summed E-state index contributed by atoms with van der Waals surface area (Å²) in [6, 6.07) is 7.28. The van der Waals surface area contributed by atoms with Crippen molar-refractivity contribution in [3.05, 3.63) is 28.8 Å². The van der Waals surface area contributed by atoms with Crippen LogP contribution in [-0.2, 0) is 0 Å². The third kappa shape index (κ3) is 2.20. The van der Waals surface area contributed by atoms with Gasteiger partial charge in [0.15, 0.2) is 0 Å². The molecule has 0 saturated heterocycles. The first-order chi connectivity index (χ1) is 8.13. The molecule has 1 aromatic rings. The van der Waals surface area contributed by atoms with Crippen molar-refractivity contribution in [2.75, 3.05) is 12.4 Å². The van der Waals surface area contributed by atoms with E-state index in [2.05, 4.69) is 11.4 Å². The van der Waals surface area contributed by atoms with Crippen LogP contribution in [0.5, 0.6) is 0 Å². The topological polar surface area (TPSA) is 56.1 Å².